The molecule has 1 N–H and O–H groups in total. The van der Waals surface area contributed by atoms with E-state index < -0.39 is 0 Å². The first-order chi connectivity index (χ1) is 12.2. The van der Waals surface area contributed by atoms with Gasteiger partial charge < -0.3 is 10.1 Å². The predicted molar refractivity (Wildman–Crippen MR) is 98.6 cm³/mol. The number of rotatable bonds is 6. The highest BCUT2D eigenvalue weighted by Crippen LogP contribution is 2.26. The molecule has 0 spiro atoms. The van der Waals surface area contributed by atoms with Crippen molar-refractivity contribution in [2.75, 3.05) is 13.7 Å². The molecule has 2 aromatic heterocycles. The topological polar surface area (TPSA) is 64.1 Å². The lowest BCUT2D eigenvalue weighted by Crippen LogP contribution is -2.29. The van der Waals surface area contributed by atoms with Gasteiger partial charge in [0.05, 0.1) is 17.5 Å². The molecule has 0 saturated carbocycles. The number of nitrogens with one attached hydrogen (secondary N) is 1. The standard InChI is InChI=1S/C19H19N3O2S/c1-13-17(25-19(22-13)15-10-6-7-11-20-15)18(23)21-12-16(24-2)14-8-4-3-5-9-14/h3-11,16H,12H2,1-2H3,(H,21,23). The average molecular weight is 353 g/mol. The fraction of sp³-hybridized carbons (Fsp3) is 0.211. The minimum atomic E-state index is -0.186. The number of aryl methyl sites for hydroxylation is 1. The summed E-state index contributed by atoms with van der Waals surface area (Å²) in [6.45, 7) is 2.23. The van der Waals surface area contributed by atoms with E-state index in [-0.39, 0.29) is 12.0 Å². The van der Waals surface area contributed by atoms with Crippen LogP contribution in [0.1, 0.15) is 27.0 Å². The average Bonchev–Trinajstić information content (AvgIpc) is 3.05. The van der Waals surface area contributed by atoms with Crippen LogP contribution in [-0.4, -0.2) is 29.5 Å². The number of ether oxygens (including phenoxy) is 1. The van der Waals surface area contributed by atoms with E-state index in [9.17, 15) is 4.79 Å². The number of nitrogens with zero attached hydrogens (tertiary/aromatic N) is 2. The second-order valence-electron chi connectivity index (χ2n) is 5.49. The number of thiazole rings is 1. The van der Waals surface area contributed by atoms with Crippen LogP contribution in [0.15, 0.2) is 54.7 Å². The van der Waals surface area contributed by atoms with Gasteiger partial charge >= 0.3 is 0 Å². The molecule has 1 atom stereocenters. The summed E-state index contributed by atoms with van der Waals surface area (Å²) in [4.78, 5) is 21.9. The van der Waals surface area contributed by atoms with Gasteiger partial charge in [-0.15, -0.1) is 11.3 Å². The van der Waals surface area contributed by atoms with Gasteiger partial charge in [0.25, 0.3) is 5.91 Å². The Labute approximate surface area is 150 Å². The van der Waals surface area contributed by atoms with Crippen LogP contribution in [0.3, 0.4) is 0 Å². The Morgan fingerprint density at radius 1 is 1.20 bits per heavy atom. The maximum Gasteiger partial charge on any atom is 0.263 e. The Morgan fingerprint density at radius 2 is 1.96 bits per heavy atom. The van der Waals surface area contributed by atoms with E-state index in [0.29, 0.717) is 17.1 Å². The molecule has 2 heterocycles. The SMILES string of the molecule is COC(CNC(=O)c1sc(-c2ccccn2)nc1C)c1ccccc1. The lowest BCUT2D eigenvalue weighted by Gasteiger charge is -2.16. The second kappa shape index (κ2) is 8.00. The van der Waals surface area contributed by atoms with Crippen molar-refractivity contribution in [1.82, 2.24) is 15.3 Å². The number of benzene rings is 1. The fourth-order valence-corrected chi connectivity index (χ4v) is 3.44. The van der Waals surface area contributed by atoms with Crippen LogP contribution >= 0.6 is 11.3 Å². The van der Waals surface area contributed by atoms with Gasteiger partial charge in [-0.05, 0) is 24.6 Å². The number of hydrogen-bond acceptors (Lipinski definition) is 5. The summed E-state index contributed by atoms with van der Waals surface area (Å²) < 4.78 is 5.49. The molecular formula is C19H19N3O2S. The Balaban J connectivity index is 1.70. The summed E-state index contributed by atoms with van der Waals surface area (Å²) >= 11 is 1.35. The Kier molecular flexibility index (Phi) is 5.53. The summed E-state index contributed by atoms with van der Waals surface area (Å²) in [5.74, 6) is -0.143. The highest BCUT2D eigenvalue weighted by Gasteiger charge is 2.18. The third kappa shape index (κ3) is 4.10. The van der Waals surface area contributed by atoms with Crippen LogP contribution in [0.4, 0.5) is 0 Å². The molecule has 5 nitrogen and oxygen atoms in total. The van der Waals surface area contributed by atoms with Crippen LogP contribution in [0.5, 0.6) is 0 Å². The molecule has 0 aliphatic rings. The van der Waals surface area contributed by atoms with E-state index in [2.05, 4.69) is 15.3 Å². The van der Waals surface area contributed by atoms with Gasteiger partial charge in [-0.3, -0.25) is 9.78 Å². The van der Waals surface area contributed by atoms with Crippen molar-refractivity contribution in [3.8, 4) is 10.7 Å². The molecule has 6 heteroatoms. The van der Waals surface area contributed by atoms with Crippen molar-refractivity contribution in [2.45, 2.75) is 13.0 Å². The number of carbonyl (C=O) groups is 1. The van der Waals surface area contributed by atoms with Gasteiger partial charge in [-0.1, -0.05) is 36.4 Å². The third-order valence-electron chi connectivity index (χ3n) is 3.79. The molecule has 0 radical (unpaired) electrons. The van der Waals surface area contributed by atoms with Gasteiger partial charge in [-0.25, -0.2) is 4.98 Å². The summed E-state index contributed by atoms with van der Waals surface area (Å²) in [6.07, 6.45) is 1.53. The molecule has 25 heavy (non-hydrogen) atoms. The van der Waals surface area contributed by atoms with E-state index in [4.69, 9.17) is 4.74 Å². The molecule has 128 valence electrons. The van der Waals surface area contributed by atoms with Crippen LogP contribution in [0.25, 0.3) is 10.7 Å². The molecule has 0 bridgehead atoms. The fourth-order valence-electron chi connectivity index (χ4n) is 2.48. The molecule has 1 aromatic carbocycles. The lowest BCUT2D eigenvalue weighted by molar-refractivity contribution is 0.0830. The number of carbonyl (C=O) groups excluding carboxylic acids is 1. The molecule has 0 saturated heterocycles. The number of hydrogen-bond donors (Lipinski definition) is 1. The van der Waals surface area contributed by atoms with Crippen LogP contribution in [0, 0.1) is 6.92 Å². The summed E-state index contributed by atoms with van der Waals surface area (Å²) in [5.41, 5.74) is 2.51. The van der Waals surface area contributed by atoms with Crippen LogP contribution in [0.2, 0.25) is 0 Å². The number of aromatic nitrogens is 2. The minimum absolute atomic E-state index is 0.143. The minimum Gasteiger partial charge on any atom is -0.375 e. The van der Waals surface area contributed by atoms with Crippen molar-refractivity contribution < 1.29 is 9.53 Å². The highest BCUT2D eigenvalue weighted by molar-refractivity contribution is 7.17. The zero-order valence-corrected chi connectivity index (χ0v) is 14.9. The summed E-state index contributed by atoms with van der Waals surface area (Å²) in [5, 5.41) is 3.69. The van der Waals surface area contributed by atoms with E-state index in [1.54, 1.807) is 13.3 Å². The Hall–Kier alpha value is -2.57. The van der Waals surface area contributed by atoms with Gasteiger partial charge in [0.15, 0.2) is 0 Å². The molecule has 0 aliphatic carbocycles. The summed E-state index contributed by atoms with van der Waals surface area (Å²) in [6, 6.07) is 15.5. The van der Waals surface area contributed by atoms with Gasteiger partial charge in [-0.2, -0.15) is 0 Å². The number of pyridine rings is 1. The molecular weight excluding hydrogens is 334 g/mol. The first-order valence-electron chi connectivity index (χ1n) is 7.94. The highest BCUT2D eigenvalue weighted by atomic mass is 32.1. The molecule has 1 unspecified atom stereocenters. The number of amides is 1. The first-order valence-corrected chi connectivity index (χ1v) is 8.75. The van der Waals surface area contributed by atoms with Gasteiger partial charge in [0.1, 0.15) is 9.88 Å². The van der Waals surface area contributed by atoms with Crippen molar-refractivity contribution in [1.29, 1.82) is 0 Å². The molecule has 3 rings (SSSR count). The van der Waals surface area contributed by atoms with E-state index in [0.717, 1.165) is 16.3 Å². The maximum atomic E-state index is 12.5. The molecule has 1 amide bonds. The monoisotopic (exact) mass is 353 g/mol. The van der Waals surface area contributed by atoms with Gasteiger partial charge in [0.2, 0.25) is 0 Å². The van der Waals surface area contributed by atoms with Crippen molar-refractivity contribution in [3.63, 3.8) is 0 Å². The second-order valence-corrected chi connectivity index (χ2v) is 6.49. The van der Waals surface area contributed by atoms with Crippen molar-refractivity contribution >= 4 is 17.2 Å². The smallest absolute Gasteiger partial charge is 0.263 e. The Bertz CT molecular complexity index is 834. The zero-order valence-electron chi connectivity index (χ0n) is 14.1. The largest absolute Gasteiger partial charge is 0.375 e. The zero-order chi connectivity index (χ0) is 17.6. The van der Waals surface area contributed by atoms with Gasteiger partial charge in [0, 0.05) is 19.9 Å². The van der Waals surface area contributed by atoms with E-state index >= 15 is 0 Å². The van der Waals surface area contributed by atoms with Crippen molar-refractivity contribution in [2.24, 2.45) is 0 Å². The van der Waals surface area contributed by atoms with Crippen LogP contribution < -0.4 is 5.32 Å². The molecule has 3 aromatic rings. The normalized spacial score (nSPS) is 11.9. The summed E-state index contributed by atoms with van der Waals surface area (Å²) in [7, 11) is 1.64. The molecule has 0 aliphatic heterocycles. The first kappa shape index (κ1) is 17.3. The van der Waals surface area contributed by atoms with Crippen LogP contribution in [-0.2, 0) is 4.74 Å². The predicted octanol–water partition coefficient (Wildman–Crippen LogP) is 3.63. The lowest BCUT2D eigenvalue weighted by atomic mass is 10.1. The third-order valence-corrected chi connectivity index (χ3v) is 4.97. The maximum absolute atomic E-state index is 12.5. The quantitative estimate of drug-likeness (QED) is 0.735. The molecule has 0 fully saturated rings. The number of methoxy groups -OCH3 is 1. The van der Waals surface area contributed by atoms with E-state index in [1.165, 1.54) is 11.3 Å². The van der Waals surface area contributed by atoms with E-state index in [1.807, 2.05) is 55.5 Å². The van der Waals surface area contributed by atoms with Crippen molar-refractivity contribution in [3.05, 3.63) is 70.9 Å². The Morgan fingerprint density at radius 3 is 2.64 bits per heavy atom.